The molecule has 0 aliphatic rings. The van der Waals surface area contributed by atoms with E-state index in [1.54, 1.807) is 0 Å². The van der Waals surface area contributed by atoms with E-state index in [1.165, 1.54) is 11.1 Å². The molecule has 2 N–H and O–H groups in total. The zero-order chi connectivity index (χ0) is 14.4. The highest BCUT2D eigenvalue weighted by Gasteiger charge is 2.17. The van der Waals surface area contributed by atoms with Gasteiger partial charge in [0.05, 0.1) is 0 Å². The van der Waals surface area contributed by atoms with Gasteiger partial charge in [-0.05, 0) is 37.8 Å². The van der Waals surface area contributed by atoms with E-state index in [4.69, 9.17) is 5.84 Å². The molecule has 0 heterocycles. The van der Waals surface area contributed by atoms with Crippen LogP contribution in [0.25, 0.3) is 0 Å². The largest absolute Gasteiger partial charge is 0.268 e. The van der Waals surface area contributed by atoms with Crippen molar-refractivity contribution in [1.29, 1.82) is 0 Å². The van der Waals surface area contributed by atoms with E-state index in [-0.39, 0.29) is 0 Å². The molecule has 0 saturated heterocycles. The number of nitrogens with two attached hydrogens (primary N) is 1. The van der Waals surface area contributed by atoms with Crippen LogP contribution < -0.4 is 5.84 Å². The van der Waals surface area contributed by atoms with E-state index in [0.717, 1.165) is 12.8 Å². The molecule has 2 aromatic rings. The minimum absolute atomic E-state index is 0.330. The Balaban J connectivity index is 1.91. The summed E-state index contributed by atoms with van der Waals surface area (Å²) in [5.41, 5.74) is 2.67. The summed E-state index contributed by atoms with van der Waals surface area (Å²) in [6.07, 6.45) is 1.97. The van der Waals surface area contributed by atoms with Crippen molar-refractivity contribution in [2.24, 2.45) is 5.84 Å². The lowest BCUT2D eigenvalue weighted by Crippen LogP contribution is -2.47. The Morgan fingerprint density at radius 1 is 0.750 bits per heavy atom. The van der Waals surface area contributed by atoms with Crippen molar-refractivity contribution in [2.45, 2.75) is 38.8 Å². The van der Waals surface area contributed by atoms with Crippen molar-refractivity contribution in [3.63, 3.8) is 0 Å². The third-order valence-corrected chi connectivity index (χ3v) is 3.77. The summed E-state index contributed by atoms with van der Waals surface area (Å²) in [6.45, 7) is 4.38. The highest BCUT2D eigenvalue weighted by atomic mass is 15.4. The number of hydrazine groups is 1. The van der Waals surface area contributed by atoms with Crippen LogP contribution in [-0.4, -0.2) is 17.1 Å². The predicted molar refractivity (Wildman–Crippen MR) is 85.2 cm³/mol. The van der Waals surface area contributed by atoms with Crippen LogP contribution in [0.5, 0.6) is 0 Å². The first kappa shape index (κ1) is 14.8. The number of benzene rings is 2. The van der Waals surface area contributed by atoms with Crippen LogP contribution in [0.15, 0.2) is 60.7 Å². The van der Waals surface area contributed by atoms with E-state index in [1.807, 2.05) is 17.1 Å². The molecule has 0 bridgehead atoms. The standard InChI is InChI=1S/C18H24N2/c1-15(13-17-9-5-3-6-10-17)20(19)16(2)14-18-11-7-4-8-12-18/h3-12,15-16H,13-14,19H2,1-2H3/t15-,16-/m0/s1. The molecule has 2 rings (SSSR count). The molecule has 106 valence electrons. The first-order valence-electron chi connectivity index (χ1n) is 7.27. The van der Waals surface area contributed by atoms with E-state index < -0.39 is 0 Å². The summed E-state index contributed by atoms with van der Waals surface area (Å²) < 4.78 is 0. The number of rotatable bonds is 6. The fourth-order valence-electron chi connectivity index (χ4n) is 2.56. The Hall–Kier alpha value is -1.64. The SMILES string of the molecule is C[C@@H](Cc1ccccc1)N(N)[C@@H](C)Cc1ccccc1. The zero-order valence-corrected chi connectivity index (χ0v) is 12.4. The average molecular weight is 268 g/mol. The smallest absolute Gasteiger partial charge is 0.0256 e. The van der Waals surface area contributed by atoms with Crippen molar-refractivity contribution in [3.8, 4) is 0 Å². The Morgan fingerprint density at radius 2 is 1.10 bits per heavy atom. The second kappa shape index (κ2) is 7.22. The topological polar surface area (TPSA) is 29.3 Å². The van der Waals surface area contributed by atoms with Gasteiger partial charge in [0.15, 0.2) is 0 Å². The quantitative estimate of drug-likeness (QED) is 0.642. The van der Waals surface area contributed by atoms with Gasteiger partial charge in [-0.2, -0.15) is 0 Å². The van der Waals surface area contributed by atoms with Crippen LogP contribution in [0.4, 0.5) is 0 Å². The molecule has 0 amide bonds. The molecule has 2 aromatic carbocycles. The maximum absolute atomic E-state index is 6.29. The Morgan fingerprint density at radius 3 is 1.45 bits per heavy atom. The first-order valence-corrected chi connectivity index (χ1v) is 7.27. The zero-order valence-electron chi connectivity index (χ0n) is 12.4. The van der Waals surface area contributed by atoms with Crippen molar-refractivity contribution in [2.75, 3.05) is 0 Å². The van der Waals surface area contributed by atoms with Crippen molar-refractivity contribution < 1.29 is 0 Å². The molecule has 2 heteroatoms. The van der Waals surface area contributed by atoms with Crippen molar-refractivity contribution in [1.82, 2.24) is 5.01 Å². The molecule has 2 nitrogen and oxygen atoms in total. The van der Waals surface area contributed by atoms with Gasteiger partial charge < -0.3 is 0 Å². The van der Waals surface area contributed by atoms with Gasteiger partial charge in [0.25, 0.3) is 0 Å². The predicted octanol–water partition coefficient (Wildman–Crippen LogP) is 3.42. The molecule has 0 aliphatic carbocycles. The van der Waals surface area contributed by atoms with Crippen LogP contribution in [0.3, 0.4) is 0 Å². The van der Waals surface area contributed by atoms with E-state index >= 15 is 0 Å². The number of hydrogen-bond acceptors (Lipinski definition) is 2. The monoisotopic (exact) mass is 268 g/mol. The molecular formula is C18H24N2. The van der Waals surface area contributed by atoms with E-state index in [0.29, 0.717) is 12.1 Å². The first-order chi connectivity index (χ1) is 9.66. The highest BCUT2D eigenvalue weighted by Crippen LogP contribution is 2.12. The Bertz CT molecular complexity index is 448. The van der Waals surface area contributed by atoms with Gasteiger partial charge in [-0.15, -0.1) is 0 Å². The van der Waals surface area contributed by atoms with Crippen LogP contribution in [0.2, 0.25) is 0 Å². The van der Waals surface area contributed by atoms with Crippen molar-refractivity contribution in [3.05, 3.63) is 71.8 Å². The lowest BCUT2D eigenvalue weighted by molar-refractivity contribution is 0.154. The van der Waals surface area contributed by atoms with E-state index in [9.17, 15) is 0 Å². The third kappa shape index (κ3) is 4.19. The fraction of sp³-hybridized carbons (Fsp3) is 0.333. The van der Waals surface area contributed by atoms with Crippen LogP contribution >= 0.6 is 0 Å². The van der Waals surface area contributed by atoms with Gasteiger partial charge in [0.2, 0.25) is 0 Å². The van der Waals surface area contributed by atoms with Gasteiger partial charge in [-0.3, -0.25) is 5.84 Å². The summed E-state index contributed by atoms with van der Waals surface area (Å²) in [4.78, 5) is 0. The summed E-state index contributed by atoms with van der Waals surface area (Å²) in [6, 6.07) is 21.7. The molecular weight excluding hydrogens is 244 g/mol. The molecule has 0 radical (unpaired) electrons. The minimum Gasteiger partial charge on any atom is -0.268 e. The molecule has 0 aliphatic heterocycles. The van der Waals surface area contributed by atoms with Crippen LogP contribution in [-0.2, 0) is 12.8 Å². The van der Waals surface area contributed by atoms with Gasteiger partial charge in [0, 0.05) is 12.1 Å². The van der Waals surface area contributed by atoms with Gasteiger partial charge >= 0.3 is 0 Å². The molecule has 2 atom stereocenters. The Kier molecular flexibility index (Phi) is 5.33. The average Bonchev–Trinajstić information content (AvgIpc) is 2.48. The van der Waals surface area contributed by atoms with Crippen molar-refractivity contribution >= 4 is 0 Å². The normalized spacial score (nSPS) is 14.2. The summed E-state index contributed by atoms with van der Waals surface area (Å²) in [5, 5.41) is 1.99. The van der Waals surface area contributed by atoms with Crippen LogP contribution in [0.1, 0.15) is 25.0 Å². The fourth-order valence-corrected chi connectivity index (χ4v) is 2.56. The third-order valence-electron chi connectivity index (χ3n) is 3.77. The molecule has 0 fully saturated rings. The maximum Gasteiger partial charge on any atom is 0.0256 e. The molecule has 0 saturated carbocycles. The van der Waals surface area contributed by atoms with Gasteiger partial charge in [-0.25, -0.2) is 5.01 Å². The lowest BCUT2D eigenvalue weighted by atomic mass is 10.0. The Labute approximate surface area is 122 Å². The maximum atomic E-state index is 6.29. The van der Waals surface area contributed by atoms with E-state index in [2.05, 4.69) is 62.4 Å². The lowest BCUT2D eigenvalue weighted by Gasteiger charge is -2.30. The van der Waals surface area contributed by atoms with Gasteiger partial charge in [0.1, 0.15) is 0 Å². The molecule has 0 spiro atoms. The molecule has 0 unspecified atom stereocenters. The number of hydrogen-bond donors (Lipinski definition) is 1. The summed E-state index contributed by atoms with van der Waals surface area (Å²) in [5.74, 6) is 6.29. The minimum atomic E-state index is 0.330. The second-order valence-electron chi connectivity index (χ2n) is 5.52. The molecule has 20 heavy (non-hydrogen) atoms. The molecule has 0 aromatic heterocycles. The van der Waals surface area contributed by atoms with Crippen LogP contribution in [0, 0.1) is 0 Å². The number of nitrogens with zero attached hydrogens (tertiary/aromatic N) is 1. The second-order valence-corrected chi connectivity index (χ2v) is 5.52. The van der Waals surface area contributed by atoms with Gasteiger partial charge in [-0.1, -0.05) is 60.7 Å². The summed E-state index contributed by atoms with van der Waals surface area (Å²) in [7, 11) is 0. The summed E-state index contributed by atoms with van der Waals surface area (Å²) >= 11 is 0. The highest BCUT2D eigenvalue weighted by molar-refractivity contribution is 5.17.